The summed E-state index contributed by atoms with van der Waals surface area (Å²) in [6, 6.07) is 11.5. The predicted octanol–water partition coefficient (Wildman–Crippen LogP) is 5.46. The third-order valence-corrected chi connectivity index (χ3v) is 4.09. The van der Waals surface area contributed by atoms with Gasteiger partial charge in [0.2, 0.25) is 0 Å². The fourth-order valence-corrected chi connectivity index (χ4v) is 3.02. The summed E-state index contributed by atoms with van der Waals surface area (Å²) in [6.07, 6.45) is -2.80. The molecule has 0 radical (unpaired) electrons. The number of halogens is 4. The zero-order valence-corrected chi connectivity index (χ0v) is 11.8. The number of aryl methyl sites for hydroxylation is 1. The first kappa shape index (κ1) is 14.3. The summed E-state index contributed by atoms with van der Waals surface area (Å²) in [4.78, 5) is 0. The van der Waals surface area contributed by atoms with Gasteiger partial charge >= 0.3 is 6.18 Å². The highest BCUT2D eigenvalue weighted by Gasteiger charge is 2.35. The molecule has 3 rings (SSSR count). The second-order valence-corrected chi connectivity index (χ2v) is 5.50. The lowest BCUT2D eigenvalue weighted by molar-refractivity contribution is -0.137. The lowest BCUT2D eigenvalue weighted by Gasteiger charge is -2.20. The molecule has 2 aromatic rings. The smallest absolute Gasteiger partial charge is 0.377 e. The molecule has 2 aromatic carbocycles. The molecule has 21 heavy (non-hydrogen) atoms. The van der Waals surface area contributed by atoms with Crippen molar-refractivity contribution < 1.29 is 13.2 Å². The van der Waals surface area contributed by atoms with Crippen molar-refractivity contribution in [3.63, 3.8) is 0 Å². The van der Waals surface area contributed by atoms with Crippen LogP contribution in [0.3, 0.4) is 0 Å². The van der Waals surface area contributed by atoms with Gasteiger partial charge in [-0.3, -0.25) is 0 Å². The van der Waals surface area contributed by atoms with Crippen LogP contribution < -0.4 is 5.32 Å². The quantitative estimate of drug-likeness (QED) is 0.776. The van der Waals surface area contributed by atoms with E-state index in [9.17, 15) is 13.2 Å². The van der Waals surface area contributed by atoms with Crippen LogP contribution in [0.4, 0.5) is 18.9 Å². The normalized spacial score (nSPS) is 17.6. The Morgan fingerprint density at radius 1 is 1.05 bits per heavy atom. The van der Waals surface area contributed by atoms with Crippen LogP contribution in [-0.4, -0.2) is 0 Å². The lowest BCUT2D eigenvalue weighted by Crippen LogP contribution is -2.14. The second kappa shape index (κ2) is 5.26. The largest absolute Gasteiger partial charge is 0.418 e. The number of alkyl halides is 3. The van der Waals surface area contributed by atoms with Crippen molar-refractivity contribution in [3.8, 4) is 0 Å². The Morgan fingerprint density at radius 3 is 2.57 bits per heavy atom. The van der Waals surface area contributed by atoms with Gasteiger partial charge in [-0.2, -0.15) is 13.2 Å². The average molecular weight is 312 g/mol. The molecule has 0 saturated heterocycles. The summed E-state index contributed by atoms with van der Waals surface area (Å²) < 4.78 is 39.3. The molecule has 0 amide bonds. The van der Waals surface area contributed by atoms with Gasteiger partial charge < -0.3 is 5.32 Å². The second-order valence-electron chi connectivity index (χ2n) is 5.09. The van der Waals surface area contributed by atoms with Gasteiger partial charge in [0.15, 0.2) is 0 Å². The van der Waals surface area contributed by atoms with Crippen molar-refractivity contribution in [3.05, 3.63) is 64.2 Å². The number of anilines is 1. The number of nitrogens with one attached hydrogen (secondary N) is 1. The topological polar surface area (TPSA) is 12.0 Å². The van der Waals surface area contributed by atoms with Crippen LogP contribution in [0.2, 0.25) is 5.02 Å². The molecular formula is C16H13ClF3N. The van der Waals surface area contributed by atoms with Crippen molar-refractivity contribution in [1.29, 1.82) is 0 Å². The molecule has 0 saturated carbocycles. The molecule has 5 heteroatoms. The van der Waals surface area contributed by atoms with E-state index < -0.39 is 11.7 Å². The van der Waals surface area contributed by atoms with Crippen LogP contribution in [0.5, 0.6) is 0 Å². The van der Waals surface area contributed by atoms with Crippen LogP contribution >= 0.6 is 11.6 Å². The van der Waals surface area contributed by atoms with Crippen LogP contribution in [-0.2, 0) is 12.6 Å². The van der Waals surface area contributed by atoms with E-state index in [0.717, 1.165) is 24.5 Å². The van der Waals surface area contributed by atoms with Gasteiger partial charge in [-0.15, -0.1) is 0 Å². The zero-order chi connectivity index (χ0) is 15.0. The monoisotopic (exact) mass is 311 g/mol. The van der Waals surface area contributed by atoms with E-state index in [1.807, 2.05) is 24.3 Å². The molecule has 0 bridgehead atoms. The molecule has 1 N–H and O–H groups in total. The number of fused-ring (bicyclic) bond motifs is 1. The van der Waals surface area contributed by atoms with Gasteiger partial charge in [-0.1, -0.05) is 41.9 Å². The van der Waals surface area contributed by atoms with Crippen LogP contribution in [0.1, 0.15) is 29.2 Å². The molecule has 0 fully saturated rings. The number of rotatable bonds is 2. The van der Waals surface area contributed by atoms with Gasteiger partial charge in [0.1, 0.15) is 0 Å². The first-order chi connectivity index (χ1) is 9.97. The maximum Gasteiger partial charge on any atom is 0.418 e. The van der Waals surface area contributed by atoms with Gasteiger partial charge in [-0.05, 0) is 36.1 Å². The minimum absolute atomic E-state index is 0.0339. The Labute approximate surface area is 125 Å². The first-order valence-electron chi connectivity index (χ1n) is 6.67. The third kappa shape index (κ3) is 2.72. The Morgan fingerprint density at radius 2 is 1.81 bits per heavy atom. The van der Waals surface area contributed by atoms with E-state index in [4.69, 9.17) is 11.6 Å². The number of para-hydroxylation sites is 1. The molecule has 1 nitrogen and oxygen atoms in total. The molecule has 0 aromatic heterocycles. The van der Waals surface area contributed by atoms with Crippen molar-refractivity contribution in [2.75, 3.05) is 5.32 Å². The summed E-state index contributed by atoms with van der Waals surface area (Å²) >= 11 is 5.98. The zero-order valence-electron chi connectivity index (χ0n) is 11.0. The highest BCUT2D eigenvalue weighted by Crippen LogP contribution is 2.42. The lowest BCUT2D eigenvalue weighted by atomic mass is 10.1. The maximum atomic E-state index is 13.1. The first-order valence-corrected chi connectivity index (χ1v) is 7.04. The number of benzene rings is 2. The van der Waals surface area contributed by atoms with Gasteiger partial charge in [0, 0.05) is 0 Å². The fraction of sp³-hybridized carbons (Fsp3) is 0.250. The van der Waals surface area contributed by atoms with E-state index in [-0.39, 0.29) is 16.8 Å². The summed E-state index contributed by atoms with van der Waals surface area (Å²) in [7, 11) is 0. The number of hydrogen-bond acceptors (Lipinski definition) is 1. The minimum Gasteiger partial charge on any atom is -0.377 e. The standard InChI is InChI=1S/C16H13ClF3N/c17-13-7-3-6-12(16(18,19)20)15(13)21-14-9-8-10-4-1-2-5-11(10)14/h1-7,14,21H,8-9H2. The Kier molecular flexibility index (Phi) is 3.57. The van der Waals surface area contributed by atoms with E-state index in [0.29, 0.717) is 0 Å². The summed E-state index contributed by atoms with van der Waals surface area (Å²) in [5.41, 5.74) is 1.47. The summed E-state index contributed by atoms with van der Waals surface area (Å²) in [5.74, 6) is 0. The van der Waals surface area contributed by atoms with Gasteiger partial charge in [0.25, 0.3) is 0 Å². The molecule has 1 unspecified atom stereocenters. The molecule has 0 spiro atoms. The fourth-order valence-electron chi connectivity index (χ4n) is 2.79. The van der Waals surface area contributed by atoms with E-state index >= 15 is 0 Å². The van der Waals surface area contributed by atoms with Crippen molar-refractivity contribution in [2.24, 2.45) is 0 Å². The molecule has 0 heterocycles. The minimum atomic E-state index is -4.43. The Hall–Kier alpha value is -1.68. The molecule has 1 aliphatic carbocycles. The number of hydrogen-bond donors (Lipinski definition) is 1. The van der Waals surface area contributed by atoms with E-state index in [2.05, 4.69) is 5.32 Å². The van der Waals surface area contributed by atoms with Crippen molar-refractivity contribution in [1.82, 2.24) is 0 Å². The third-order valence-electron chi connectivity index (χ3n) is 3.77. The summed E-state index contributed by atoms with van der Waals surface area (Å²) in [5, 5.41) is 3.08. The van der Waals surface area contributed by atoms with Crippen molar-refractivity contribution >= 4 is 17.3 Å². The molecular weight excluding hydrogens is 299 g/mol. The molecule has 0 aliphatic heterocycles. The molecule has 110 valence electrons. The molecule has 1 atom stereocenters. The molecule has 1 aliphatic rings. The maximum absolute atomic E-state index is 13.1. The highest BCUT2D eigenvalue weighted by atomic mass is 35.5. The van der Waals surface area contributed by atoms with Crippen LogP contribution in [0.15, 0.2) is 42.5 Å². The predicted molar refractivity (Wildman–Crippen MR) is 77.6 cm³/mol. The van der Waals surface area contributed by atoms with Crippen LogP contribution in [0, 0.1) is 0 Å². The van der Waals surface area contributed by atoms with Crippen molar-refractivity contribution in [2.45, 2.75) is 25.1 Å². The average Bonchev–Trinajstić information content (AvgIpc) is 2.83. The Balaban J connectivity index is 1.97. The van der Waals surface area contributed by atoms with Gasteiger partial charge in [0.05, 0.1) is 22.3 Å². The van der Waals surface area contributed by atoms with Crippen LogP contribution in [0.25, 0.3) is 0 Å². The SMILES string of the molecule is FC(F)(F)c1cccc(Cl)c1NC1CCc2ccccc21. The highest BCUT2D eigenvalue weighted by molar-refractivity contribution is 6.33. The van der Waals surface area contributed by atoms with E-state index in [1.165, 1.54) is 17.7 Å². The van der Waals surface area contributed by atoms with Gasteiger partial charge in [-0.25, -0.2) is 0 Å². The van der Waals surface area contributed by atoms with E-state index in [1.54, 1.807) is 0 Å². The Bertz CT molecular complexity index is 667. The summed E-state index contributed by atoms with van der Waals surface area (Å²) in [6.45, 7) is 0.